The Labute approximate surface area is 201 Å². The number of hydrogen-bond donors (Lipinski definition) is 1. The van der Waals surface area contributed by atoms with Gasteiger partial charge in [-0.3, -0.25) is 9.59 Å². The van der Waals surface area contributed by atoms with Gasteiger partial charge in [0.15, 0.2) is 11.2 Å². The van der Waals surface area contributed by atoms with E-state index in [1.807, 2.05) is 84.2 Å². The lowest BCUT2D eigenvalue weighted by Gasteiger charge is -2.30. The van der Waals surface area contributed by atoms with Crippen molar-refractivity contribution in [2.75, 3.05) is 17.3 Å². The van der Waals surface area contributed by atoms with Crippen molar-refractivity contribution in [1.82, 2.24) is 4.98 Å². The highest BCUT2D eigenvalue weighted by atomic mass is 32.1. The van der Waals surface area contributed by atoms with Gasteiger partial charge in [0.25, 0.3) is 5.91 Å². The number of nitrogens with zero attached hydrogens (tertiary/aromatic N) is 2. The van der Waals surface area contributed by atoms with Crippen molar-refractivity contribution in [2.45, 2.75) is 18.9 Å². The molecule has 0 aliphatic carbocycles. The molecule has 0 bridgehead atoms. The summed E-state index contributed by atoms with van der Waals surface area (Å²) in [5.74, 6) is -0.0202. The molecule has 2 amide bonds. The first-order valence-corrected chi connectivity index (χ1v) is 11.8. The summed E-state index contributed by atoms with van der Waals surface area (Å²) in [5.41, 5.74) is 4.10. The molecule has 1 N–H and O–H groups in total. The van der Waals surface area contributed by atoms with Crippen LogP contribution in [0.1, 0.15) is 24.0 Å². The molecule has 1 atom stereocenters. The second-order valence-corrected chi connectivity index (χ2v) is 8.98. The van der Waals surface area contributed by atoms with Crippen molar-refractivity contribution in [3.05, 3.63) is 95.4 Å². The van der Waals surface area contributed by atoms with E-state index in [0.717, 1.165) is 22.4 Å². The Kier molecular flexibility index (Phi) is 5.86. The highest BCUT2D eigenvalue weighted by molar-refractivity contribution is 7.14. The first-order valence-electron chi connectivity index (χ1n) is 11.0. The summed E-state index contributed by atoms with van der Waals surface area (Å²) in [7, 11) is 1.74. The van der Waals surface area contributed by atoms with Crippen LogP contribution in [-0.4, -0.2) is 29.9 Å². The summed E-state index contributed by atoms with van der Waals surface area (Å²) >= 11 is 1.36. The van der Waals surface area contributed by atoms with E-state index in [9.17, 15) is 9.59 Å². The van der Waals surface area contributed by atoms with E-state index in [4.69, 9.17) is 4.74 Å². The summed E-state index contributed by atoms with van der Waals surface area (Å²) in [6.45, 7) is 1.74. The largest absolute Gasteiger partial charge is 0.479 e. The number of aromatic nitrogens is 1. The summed E-state index contributed by atoms with van der Waals surface area (Å²) < 4.78 is 5.71. The minimum Gasteiger partial charge on any atom is -0.479 e. The number of likely N-dealkylation sites (N-methyl/N-ethyl adjacent to an activating group) is 1. The number of thiazole rings is 1. The maximum absolute atomic E-state index is 13.4. The fourth-order valence-electron chi connectivity index (χ4n) is 4.10. The molecule has 34 heavy (non-hydrogen) atoms. The fourth-order valence-corrected chi connectivity index (χ4v) is 4.82. The predicted octanol–water partition coefficient (Wildman–Crippen LogP) is 5.32. The third-order valence-corrected chi connectivity index (χ3v) is 6.62. The van der Waals surface area contributed by atoms with Crippen LogP contribution in [0, 0.1) is 0 Å². The second-order valence-electron chi connectivity index (χ2n) is 8.12. The number of ether oxygens (including phenoxy) is 1. The van der Waals surface area contributed by atoms with Crippen molar-refractivity contribution in [3.63, 3.8) is 0 Å². The lowest BCUT2D eigenvalue weighted by Crippen LogP contribution is -2.41. The molecule has 3 aromatic carbocycles. The minimum absolute atomic E-state index is 0.0938. The molecule has 7 heteroatoms. The molecule has 1 aromatic heterocycles. The second kappa shape index (κ2) is 9.11. The maximum Gasteiger partial charge on any atom is 0.267 e. The van der Waals surface area contributed by atoms with Crippen LogP contribution in [0.4, 0.5) is 10.8 Å². The number of anilines is 2. The molecule has 1 aliphatic rings. The molecule has 0 saturated heterocycles. The van der Waals surface area contributed by atoms with Crippen LogP contribution in [0.25, 0.3) is 11.3 Å². The number of carbonyl (C=O) groups excluding carboxylic acids is 2. The zero-order valence-electron chi connectivity index (χ0n) is 18.8. The van der Waals surface area contributed by atoms with Gasteiger partial charge in [0.05, 0.1) is 17.3 Å². The molecular weight excluding hydrogens is 446 g/mol. The van der Waals surface area contributed by atoms with Crippen molar-refractivity contribution in [3.8, 4) is 17.0 Å². The van der Waals surface area contributed by atoms with E-state index in [2.05, 4.69) is 10.3 Å². The number of fused-ring (bicyclic) bond motifs is 1. The predicted molar refractivity (Wildman–Crippen MR) is 134 cm³/mol. The zero-order valence-corrected chi connectivity index (χ0v) is 19.6. The SMILES string of the molecule is C[C@H]1Oc2ccc(-c3csc(NC(=O)C(c4ccccc4)c4ccccc4)n3)cc2N(C)C1=O. The molecule has 0 unspecified atom stereocenters. The number of carbonyl (C=O) groups is 2. The summed E-state index contributed by atoms with van der Waals surface area (Å²) in [6, 6.07) is 25.1. The van der Waals surface area contributed by atoms with E-state index in [0.29, 0.717) is 16.6 Å². The smallest absolute Gasteiger partial charge is 0.267 e. The number of amides is 2. The standard InChI is InChI=1S/C27H23N3O3S/c1-17-26(32)30(2)22-15-20(13-14-23(22)33-17)21-16-34-27(28-21)29-25(31)24(18-9-5-3-6-10-18)19-11-7-4-8-12-19/h3-17,24H,1-2H3,(H,28,29,31)/t17-/m1/s1. The first-order chi connectivity index (χ1) is 16.5. The Morgan fingerprint density at radius 1 is 1.03 bits per heavy atom. The van der Waals surface area contributed by atoms with Crippen molar-refractivity contribution in [1.29, 1.82) is 0 Å². The first kappa shape index (κ1) is 21.9. The van der Waals surface area contributed by atoms with E-state index < -0.39 is 12.0 Å². The van der Waals surface area contributed by atoms with Crippen molar-refractivity contribution in [2.24, 2.45) is 0 Å². The Morgan fingerprint density at radius 2 is 1.68 bits per heavy atom. The molecule has 2 heterocycles. The summed E-state index contributed by atoms with van der Waals surface area (Å²) in [5, 5.41) is 5.40. The van der Waals surface area contributed by atoms with Crippen LogP contribution in [-0.2, 0) is 9.59 Å². The quantitative estimate of drug-likeness (QED) is 0.429. The topological polar surface area (TPSA) is 71.5 Å². The van der Waals surface area contributed by atoms with Crippen molar-refractivity contribution >= 4 is 34.0 Å². The normalized spacial score (nSPS) is 15.1. The number of nitrogens with one attached hydrogen (secondary N) is 1. The molecule has 170 valence electrons. The summed E-state index contributed by atoms with van der Waals surface area (Å²) in [4.78, 5) is 31.9. The average Bonchev–Trinajstić information content (AvgIpc) is 3.32. The molecule has 5 rings (SSSR count). The zero-order chi connectivity index (χ0) is 23.7. The molecule has 0 radical (unpaired) electrons. The highest BCUT2D eigenvalue weighted by Gasteiger charge is 2.29. The van der Waals surface area contributed by atoms with Gasteiger partial charge < -0.3 is 15.0 Å². The average molecular weight is 470 g/mol. The van der Waals surface area contributed by atoms with Crippen LogP contribution in [0.3, 0.4) is 0 Å². The Balaban J connectivity index is 1.40. The van der Waals surface area contributed by atoms with Gasteiger partial charge in [0.1, 0.15) is 5.75 Å². The van der Waals surface area contributed by atoms with E-state index in [-0.39, 0.29) is 11.8 Å². The van der Waals surface area contributed by atoms with Gasteiger partial charge in [-0.2, -0.15) is 0 Å². The van der Waals surface area contributed by atoms with E-state index in [1.54, 1.807) is 18.9 Å². The third kappa shape index (κ3) is 4.18. The van der Waals surface area contributed by atoms with Crippen molar-refractivity contribution < 1.29 is 14.3 Å². The number of rotatable bonds is 5. The third-order valence-electron chi connectivity index (χ3n) is 5.86. The minimum atomic E-state index is -0.508. The molecule has 4 aromatic rings. The summed E-state index contributed by atoms with van der Waals surface area (Å²) in [6.07, 6.45) is -0.508. The molecule has 1 aliphatic heterocycles. The lowest BCUT2D eigenvalue weighted by molar-refractivity contribution is -0.125. The van der Waals surface area contributed by atoms with Crippen LogP contribution >= 0.6 is 11.3 Å². The molecule has 6 nitrogen and oxygen atoms in total. The Bertz CT molecular complexity index is 1300. The molecular formula is C27H23N3O3S. The van der Waals surface area contributed by atoms with Crippen LogP contribution in [0.2, 0.25) is 0 Å². The van der Waals surface area contributed by atoms with Crippen LogP contribution < -0.4 is 15.0 Å². The number of hydrogen-bond acceptors (Lipinski definition) is 5. The van der Waals surface area contributed by atoms with Gasteiger partial charge in [-0.1, -0.05) is 60.7 Å². The van der Waals surface area contributed by atoms with Gasteiger partial charge in [-0.05, 0) is 36.2 Å². The van der Waals surface area contributed by atoms with Gasteiger partial charge in [0.2, 0.25) is 5.91 Å². The molecule has 0 saturated carbocycles. The Hall–Kier alpha value is -3.97. The molecule has 0 spiro atoms. The van der Waals surface area contributed by atoms with E-state index >= 15 is 0 Å². The van der Waals surface area contributed by atoms with Crippen LogP contribution in [0.15, 0.2) is 84.2 Å². The number of benzene rings is 3. The highest BCUT2D eigenvalue weighted by Crippen LogP contribution is 2.37. The van der Waals surface area contributed by atoms with Gasteiger partial charge in [0, 0.05) is 18.0 Å². The fraction of sp³-hybridized carbons (Fsp3) is 0.148. The lowest BCUT2D eigenvalue weighted by atomic mass is 9.90. The monoisotopic (exact) mass is 469 g/mol. The molecule has 0 fully saturated rings. The Morgan fingerprint density at radius 3 is 2.32 bits per heavy atom. The van der Waals surface area contributed by atoms with Crippen LogP contribution in [0.5, 0.6) is 5.75 Å². The van der Waals surface area contributed by atoms with Gasteiger partial charge >= 0.3 is 0 Å². The van der Waals surface area contributed by atoms with Gasteiger partial charge in [-0.15, -0.1) is 11.3 Å². The van der Waals surface area contributed by atoms with E-state index in [1.165, 1.54) is 11.3 Å². The maximum atomic E-state index is 13.4. The van der Waals surface area contributed by atoms with Gasteiger partial charge in [-0.25, -0.2) is 4.98 Å².